The lowest BCUT2D eigenvalue weighted by atomic mass is 10.1. The zero-order chi connectivity index (χ0) is 18.5. The second-order valence-electron chi connectivity index (χ2n) is 6.30. The molecule has 1 unspecified atom stereocenters. The smallest absolute Gasteiger partial charge is 0.230 e. The predicted octanol–water partition coefficient (Wildman–Crippen LogP) is 4.35. The first kappa shape index (κ1) is 21.3. The Labute approximate surface area is 163 Å². The highest BCUT2D eigenvalue weighted by molar-refractivity contribution is 7.80. The molecule has 0 aliphatic heterocycles. The molecule has 0 amide bonds. The third-order valence-electron chi connectivity index (χ3n) is 2.80. The maximum Gasteiger partial charge on any atom is 0.230 e. The number of aryl methyl sites for hydroxylation is 1. The van der Waals surface area contributed by atoms with E-state index in [0.29, 0.717) is 11.0 Å². The molecule has 1 aromatic rings. The number of thiocarbonyl (C=S) groups is 1. The molecule has 8 heteroatoms. The number of aliphatic imine (C=N–C) groups is 1. The molecule has 0 aliphatic carbocycles. The van der Waals surface area contributed by atoms with Gasteiger partial charge in [0.25, 0.3) is 0 Å². The number of nitrogens with zero attached hydrogens (tertiary/aromatic N) is 1. The first-order valence-corrected chi connectivity index (χ1v) is 8.81. The molecule has 134 valence electrons. The second kappa shape index (κ2) is 8.56. The van der Waals surface area contributed by atoms with Crippen LogP contribution >= 0.6 is 47.0 Å². The maximum atomic E-state index is 6.05. The van der Waals surface area contributed by atoms with Gasteiger partial charge in [-0.05, 0) is 52.0 Å². The fraction of sp³-hybridized carbons (Fsp3) is 0.500. The number of ether oxygens (including phenoxy) is 1. The molecule has 1 aromatic carbocycles. The van der Waals surface area contributed by atoms with E-state index in [1.807, 2.05) is 52.0 Å². The van der Waals surface area contributed by atoms with E-state index in [1.54, 1.807) is 0 Å². The molecule has 1 atom stereocenters. The van der Waals surface area contributed by atoms with Gasteiger partial charge in [-0.3, -0.25) is 0 Å². The van der Waals surface area contributed by atoms with Crippen molar-refractivity contribution in [1.29, 1.82) is 0 Å². The Kier molecular flexibility index (Phi) is 7.60. The van der Waals surface area contributed by atoms with Gasteiger partial charge in [0.15, 0.2) is 11.3 Å². The summed E-state index contributed by atoms with van der Waals surface area (Å²) in [6.07, 6.45) is -0.916. The SMILES string of the molecule is COC(=NC(NC(=S)NC(C)(C)C)C(Cl)(Cl)Cl)c1ccc(C)cc1. The summed E-state index contributed by atoms with van der Waals surface area (Å²) in [6.45, 7) is 7.92. The molecule has 2 N–H and O–H groups in total. The van der Waals surface area contributed by atoms with Crippen LogP contribution in [0.1, 0.15) is 31.9 Å². The highest BCUT2D eigenvalue weighted by Gasteiger charge is 2.34. The Hall–Kier alpha value is -0.750. The van der Waals surface area contributed by atoms with E-state index in [-0.39, 0.29) is 5.54 Å². The molecule has 0 bridgehead atoms. The number of methoxy groups -OCH3 is 1. The monoisotopic (exact) mass is 409 g/mol. The van der Waals surface area contributed by atoms with Gasteiger partial charge >= 0.3 is 0 Å². The van der Waals surface area contributed by atoms with Gasteiger partial charge in [0.1, 0.15) is 0 Å². The number of hydrogen-bond acceptors (Lipinski definition) is 3. The normalized spacial score (nSPS) is 14.1. The molecular formula is C16H22Cl3N3OS. The summed E-state index contributed by atoms with van der Waals surface area (Å²) in [7, 11) is 1.51. The van der Waals surface area contributed by atoms with Crippen molar-refractivity contribution >= 4 is 58.0 Å². The maximum absolute atomic E-state index is 6.05. The van der Waals surface area contributed by atoms with Gasteiger partial charge < -0.3 is 15.4 Å². The van der Waals surface area contributed by atoms with Crippen LogP contribution in [0.15, 0.2) is 29.3 Å². The molecule has 0 aromatic heterocycles. The minimum atomic E-state index is -1.71. The van der Waals surface area contributed by atoms with Crippen molar-refractivity contribution in [3.05, 3.63) is 35.4 Å². The van der Waals surface area contributed by atoms with E-state index >= 15 is 0 Å². The summed E-state index contributed by atoms with van der Waals surface area (Å²) < 4.78 is 3.64. The predicted molar refractivity (Wildman–Crippen MR) is 107 cm³/mol. The van der Waals surface area contributed by atoms with Crippen molar-refractivity contribution in [2.24, 2.45) is 4.99 Å². The molecule has 0 saturated carbocycles. The number of nitrogens with one attached hydrogen (secondary N) is 2. The van der Waals surface area contributed by atoms with E-state index in [0.717, 1.165) is 11.1 Å². The van der Waals surface area contributed by atoms with Crippen LogP contribution in [0.4, 0.5) is 0 Å². The van der Waals surface area contributed by atoms with Crippen molar-refractivity contribution in [1.82, 2.24) is 10.6 Å². The largest absolute Gasteiger partial charge is 0.481 e. The molecule has 4 nitrogen and oxygen atoms in total. The van der Waals surface area contributed by atoms with Crippen molar-refractivity contribution in [3.8, 4) is 0 Å². The van der Waals surface area contributed by atoms with Crippen molar-refractivity contribution in [2.75, 3.05) is 7.11 Å². The van der Waals surface area contributed by atoms with Crippen LogP contribution in [0.5, 0.6) is 0 Å². The lowest BCUT2D eigenvalue weighted by Crippen LogP contribution is -2.52. The summed E-state index contributed by atoms with van der Waals surface area (Å²) in [5.74, 6) is 0.345. The lowest BCUT2D eigenvalue weighted by Gasteiger charge is -2.28. The van der Waals surface area contributed by atoms with E-state index < -0.39 is 9.96 Å². The van der Waals surface area contributed by atoms with Gasteiger partial charge in [-0.15, -0.1) is 0 Å². The minimum Gasteiger partial charge on any atom is -0.481 e. The van der Waals surface area contributed by atoms with Gasteiger partial charge in [0, 0.05) is 11.1 Å². The third kappa shape index (κ3) is 7.43. The number of benzene rings is 1. The highest BCUT2D eigenvalue weighted by Crippen LogP contribution is 2.31. The van der Waals surface area contributed by atoms with E-state index in [9.17, 15) is 0 Å². The Morgan fingerprint density at radius 2 is 1.71 bits per heavy atom. The minimum absolute atomic E-state index is 0.229. The number of rotatable bonds is 3. The summed E-state index contributed by atoms with van der Waals surface area (Å²) in [4.78, 5) is 4.40. The molecule has 0 aliphatic rings. The summed E-state index contributed by atoms with van der Waals surface area (Å²) in [5, 5.41) is 6.35. The third-order valence-corrected chi connectivity index (χ3v) is 3.64. The van der Waals surface area contributed by atoms with Crippen LogP contribution in [0, 0.1) is 6.92 Å². The second-order valence-corrected chi connectivity index (χ2v) is 9.07. The first-order valence-electron chi connectivity index (χ1n) is 7.26. The molecule has 1 rings (SSSR count). The van der Waals surface area contributed by atoms with Crippen molar-refractivity contribution in [2.45, 2.75) is 43.2 Å². The van der Waals surface area contributed by atoms with Crippen molar-refractivity contribution in [3.63, 3.8) is 0 Å². The van der Waals surface area contributed by atoms with Gasteiger partial charge in [0.05, 0.1) is 7.11 Å². The highest BCUT2D eigenvalue weighted by atomic mass is 35.6. The molecule has 0 fully saturated rings. The van der Waals surface area contributed by atoms with E-state index in [2.05, 4.69) is 15.6 Å². The molecule has 0 heterocycles. The van der Waals surface area contributed by atoms with Crippen LogP contribution in [-0.2, 0) is 4.74 Å². The zero-order valence-electron chi connectivity index (χ0n) is 14.3. The van der Waals surface area contributed by atoms with Gasteiger partial charge in [-0.2, -0.15) is 0 Å². The Morgan fingerprint density at radius 1 is 1.17 bits per heavy atom. The van der Waals surface area contributed by atoms with Gasteiger partial charge in [0.2, 0.25) is 9.69 Å². The number of hydrogen-bond donors (Lipinski definition) is 2. The molecule has 0 radical (unpaired) electrons. The Balaban J connectivity index is 3.06. The standard InChI is InChI=1S/C16H22Cl3N3OS/c1-10-6-8-11(9-7-10)12(23-5)20-13(16(17,18)19)21-14(24)22-15(2,3)4/h6-9,13H,1-5H3,(H2,21,22,24). The number of alkyl halides is 3. The van der Waals surface area contributed by atoms with Crippen molar-refractivity contribution < 1.29 is 4.74 Å². The van der Waals surface area contributed by atoms with Gasteiger partial charge in [-0.25, -0.2) is 4.99 Å². The summed E-state index contributed by atoms with van der Waals surface area (Å²) in [6, 6.07) is 7.68. The number of halogens is 3. The van der Waals surface area contributed by atoms with Crippen LogP contribution in [-0.4, -0.2) is 33.6 Å². The summed E-state index contributed by atoms with van der Waals surface area (Å²) >= 11 is 23.4. The Bertz CT molecular complexity index is 592. The van der Waals surface area contributed by atoms with Gasteiger partial charge in [-0.1, -0.05) is 52.5 Å². The fourth-order valence-electron chi connectivity index (χ4n) is 1.75. The fourth-order valence-corrected chi connectivity index (χ4v) is 2.47. The Morgan fingerprint density at radius 3 is 2.12 bits per heavy atom. The zero-order valence-corrected chi connectivity index (χ0v) is 17.4. The molecule has 0 saturated heterocycles. The quantitative estimate of drug-likeness (QED) is 0.337. The van der Waals surface area contributed by atoms with E-state index in [4.69, 9.17) is 51.8 Å². The molecule has 24 heavy (non-hydrogen) atoms. The average Bonchev–Trinajstić information content (AvgIpc) is 2.41. The van der Waals surface area contributed by atoms with Crippen LogP contribution in [0.3, 0.4) is 0 Å². The average molecular weight is 411 g/mol. The first-order chi connectivity index (χ1) is 10.9. The van der Waals surface area contributed by atoms with Crippen LogP contribution < -0.4 is 10.6 Å². The topological polar surface area (TPSA) is 45.6 Å². The summed E-state index contributed by atoms with van der Waals surface area (Å²) in [5.41, 5.74) is 1.67. The lowest BCUT2D eigenvalue weighted by molar-refractivity contribution is 0.397. The van der Waals surface area contributed by atoms with Crippen LogP contribution in [0.2, 0.25) is 0 Å². The molecular weight excluding hydrogens is 389 g/mol. The van der Waals surface area contributed by atoms with Crippen LogP contribution in [0.25, 0.3) is 0 Å². The molecule has 0 spiro atoms. The van der Waals surface area contributed by atoms with E-state index in [1.165, 1.54) is 7.11 Å².